The van der Waals surface area contributed by atoms with Gasteiger partial charge in [0.25, 0.3) is 6.43 Å². The van der Waals surface area contributed by atoms with E-state index in [-0.39, 0.29) is 5.56 Å². The predicted molar refractivity (Wildman–Crippen MR) is 125 cm³/mol. The highest BCUT2D eigenvalue weighted by Crippen LogP contribution is 2.33. The Morgan fingerprint density at radius 3 is 2.71 bits per heavy atom. The zero-order valence-electron chi connectivity index (χ0n) is 18.4. The van der Waals surface area contributed by atoms with Gasteiger partial charge in [-0.1, -0.05) is 24.3 Å². The number of hydrogen-bond acceptors (Lipinski definition) is 6. The zero-order chi connectivity index (χ0) is 24.0. The zero-order valence-corrected chi connectivity index (χ0v) is 19.2. The first-order valence-electron chi connectivity index (χ1n) is 10.7. The molecule has 1 aromatic carbocycles. The van der Waals surface area contributed by atoms with E-state index in [0.717, 1.165) is 17.2 Å². The van der Waals surface area contributed by atoms with Crippen LogP contribution < -0.4 is 5.32 Å². The Balaban J connectivity index is 1.64. The van der Waals surface area contributed by atoms with Gasteiger partial charge in [0.2, 0.25) is 0 Å². The van der Waals surface area contributed by atoms with Crippen LogP contribution in [0, 0.1) is 12.7 Å². The van der Waals surface area contributed by atoms with E-state index in [1.165, 1.54) is 12.1 Å². The summed E-state index contributed by atoms with van der Waals surface area (Å²) < 4.78 is 54.8. The number of nitrogens with zero attached hydrogens (tertiary/aromatic N) is 5. The van der Waals surface area contributed by atoms with Crippen LogP contribution in [0.5, 0.6) is 0 Å². The van der Waals surface area contributed by atoms with Gasteiger partial charge in [-0.2, -0.15) is 0 Å². The lowest BCUT2D eigenvalue weighted by atomic mass is 10.0. The SMILES string of the molecule is Cc1nc(N[C@H](C)c2cccc(C(F)F)c2F)c2cc(C3=CCS(=O)CC3)c3nncn3c2n1. The van der Waals surface area contributed by atoms with Crippen LogP contribution in [-0.4, -0.2) is 40.3 Å². The minimum Gasteiger partial charge on any atom is -0.363 e. The largest absolute Gasteiger partial charge is 0.363 e. The van der Waals surface area contributed by atoms with Crippen molar-refractivity contribution in [2.45, 2.75) is 32.7 Å². The van der Waals surface area contributed by atoms with Gasteiger partial charge < -0.3 is 5.32 Å². The van der Waals surface area contributed by atoms with Crippen molar-refractivity contribution < 1.29 is 17.4 Å². The monoisotopic (exact) mass is 486 g/mol. The molecule has 4 aromatic rings. The minimum atomic E-state index is -2.91. The van der Waals surface area contributed by atoms with Crippen LogP contribution in [0.25, 0.3) is 22.3 Å². The van der Waals surface area contributed by atoms with Crippen LogP contribution in [-0.2, 0) is 10.8 Å². The number of pyridine rings is 1. The molecule has 34 heavy (non-hydrogen) atoms. The number of anilines is 1. The lowest BCUT2D eigenvalue weighted by molar-refractivity contribution is 0.146. The maximum Gasteiger partial charge on any atom is 0.266 e. The van der Waals surface area contributed by atoms with Crippen LogP contribution in [0.4, 0.5) is 19.0 Å². The summed E-state index contributed by atoms with van der Waals surface area (Å²) in [5.41, 5.74) is 2.51. The van der Waals surface area contributed by atoms with E-state index in [1.54, 1.807) is 24.6 Å². The summed E-state index contributed by atoms with van der Waals surface area (Å²) in [7, 11) is -0.875. The van der Waals surface area contributed by atoms with E-state index in [1.807, 2.05) is 12.1 Å². The highest BCUT2D eigenvalue weighted by atomic mass is 32.2. The third-order valence-electron chi connectivity index (χ3n) is 5.92. The van der Waals surface area contributed by atoms with E-state index >= 15 is 0 Å². The van der Waals surface area contributed by atoms with Crippen LogP contribution in [0.3, 0.4) is 0 Å². The molecule has 3 aromatic heterocycles. The van der Waals surface area contributed by atoms with Crippen molar-refractivity contribution in [2.75, 3.05) is 16.8 Å². The van der Waals surface area contributed by atoms with Gasteiger partial charge in [-0.15, -0.1) is 10.2 Å². The van der Waals surface area contributed by atoms with Gasteiger partial charge in [-0.25, -0.2) is 23.1 Å². The second kappa shape index (κ2) is 8.79. The fourth-order valence-corrected chi connectivity index (χ4v) is 5.21. The Hall–Kier alpha value is -3.34. The molecule has 0 fully saturated rings. The molecule has 1 N–H and O–H groups in total. The fourth-order valence-electron chi connectivity index (χ4n) is 4.21. The average molecular weight is 487 g/mol. The summed E-state index contributed by atoms with van der Waals surface area (Å²) in [4.78, 5) is 9.09. The summed E-state index contributed by atoms with van der Waals surface area (Å²) in [5.74, 6) is 1.01. The van der Waals surface area contributed by atoms with Crippen molar-refractivity contribution in [3.63, 3.8) is 0 Å². The first kappa shape index (κ1) is 22.5. The van der Waals surface area contributed by atoms with Crippen LogP contribution in [0.2, 0.25) is 0 Å². The molecular formula is C23H21F3N6OS. The normalized spacial score (nSPS) is 17.4. The Morgan fingerprint density at radius 1 is 1.18 bits per heavy atom. The molecule has 11 heteroatoms. The predicted octanol–water partition coefficient (Wildman–Crippen LogP) is 4.77. The third-order valence-corrected chi connectivity index (χ3v) is 7.11. The van der Waals surface area contributed by atoms with Gasteiger partial charge in [0.15, 0.2) is 11.3 Å². The lowest BCUT2D eigenvalue weighted by Gasteiger charge is -2.20. The molecule has 0 radical (unpaired) electrons. The number of aryl methyl sites for hydroxylation is 1. The molecule has 1 aliphatic heterocycles. The first-order chi connectivity index (χ1) is 16.3. The maximum absolute atomic E-state index is 14.8. The van der Waals surface area contributed by atoms with E-state index in [2.05, 4.69) is 25.5 Å². The number of allylic oxidation sites excluding steroid dienone is 1. The van der Waals surface area contributed by atoms with E-state index in [4.69, 9.17) is 0 Å². The molecule has 176 valence electrons. The number of aromatic nitrogens is 5. The van der Waals surface area contributed by atoms with E-state index in [9.17, 15) is 17.4 Å². The Morgan fingerprint density at radius 2 is 1.97 bits per heavy atom. The van der Waals surface area contributed by atoms with Gasteiger partial charge in [0.05, 0.1) is 17.0 Å². The number of halogens is 3. The van der Waals surface area contributed by atoms with E-state index in [0.29, 0.717) is 46.2 Å². The van der Waals surface area contributed by atoms with Crippen molar-refractivity contribution in [3.8, 4) is 0 Å². The number of alkyl halides is 2. The van der Waals surface area contributed by atoms with Crippen LogP contribution >= 0.6 is 0 Å². The summed E-state index contributed by atoms with van der Waals surface area (Å²) in [6, 6.07) is 5.23. The summed E-state index contributed by atoms with van der Waals surface area (Å²) in [6.45, 7) is 3.42. The molecule has 1 unspecified atom stereocenters. The van der Waals surface area contributed by atoms with Crippen molar-refractivity contribution in [1.82, 2.24) is 24.6 Å². The minimum absolute atomic E-state index is 0.116. The summed E-state index contributed by atoms with van der Waals surface area (Å²) in [5, 5.41) is 12.2. The Kier molecular flexibility index (Phi) is 5.80. The number of hydrogen-bond donors (Lipinski definition) is 1. The average Bonchev–Trinajstić information content (AvgIpc) is 3.29. The second-order valence-corrected chi connectivity index (χ2v) is 9.77. The molecular weight excluding hydrogens is 465 g/mol. The number of benzene rings is 1. The molecule has 5 rings (SSSR count). The highest BCUT2D eigenvalue weighted by Gasteiger charge is 2.22. The van der Waals surface area contributed by atoms with Gasteiger partial charge in [0.1, 0.15) is 23.8 Å². The standard InChI is InChI=1S/C23H21F3N6OS/c1-12(15-4-3-5-16(19(15)24)20(25)26)28-21-18-10-17(14-6-8-34(33)9-7-14)23-31-27-11-32(23)22(18)30-13(2)29-21/h3-6,10-12,20H,7-9H2,1-2H3,(H,28,29,30)/t12-,34?/m1/s1. The number of fused-ring (bicyclic) bond motifs is 3. The molecule has 0 spiro atoms. The molecule has 7 nitrogen and oxygen atoms in total. The van der Waals surface area contributed by atoms with Crippen molar-refractivity contribution in [3.05, 3.63) is 65.0 Å². The van der Waals surface area contributed by atoms with Crippen LogP contribution in [0.15, 0.2) is 36.7 Å². The van der Waals surface area contributed by atoms with Gasteiger partial charge >= 0.3 is 0 Å². The third kappa shape index (κ3) is 3.93. The van der Waals surface area contributed by atoms with Gasteiger partial charge in [0, 0.05) is 33.4 Å². The summed E-state index contributed by atoms with van der Waals surface area (Å²) in [6.07, 6.45) is 1.24. The smallest absolute Gasteiger partial charge is 0.266 e. The molecule has 1 aliphatic rings. The molecule has 4 heterocycles. The number of rotatable bonds is 5. The molecule has 0 saturated carbocycles. The van der Waals surface area contributed by atoms with Gasteiger partial charge in [-0.3, -0.25) is 8.61 Å². The lowest BCUT2D eigenvalue weighted by Crippen LogP contribution is -2.13. The van der Waals surface area contributed by atoms with E-state index < -0.39 is 34.6 Å². The summed E-state index contributed by atoms with van der Waals surface area (Å²) >= 11 is 0. The second-order valence-electron chi connectivity index (χ2n) is 8.15. The van der Waals surface area contributed by atoms with Crippen molar-refractivity contribution in [2.24, 2.45) is 0 Å². The van der Waals surface area contributed by atoms with Crippen LogP contribution in [0.1, 0.15) is 48.3 Å². The maximum atomic E-state index is 14.8. The Labute approximate surface area is 195 Å². The van der Waals surface area contributed by atoms with Crippen molar-refractivity contribution >= 4 is 38.9 Å². The van der Waals surface area contributed by atoms with Gasteiger partial charge in [-0.05, 0) is 31.9 Å². The van der Waals surface area contributed by atoms with Crippen molar-refractivity contribution in [1.29, 1.82) is 0 Å². The Bertz CT molecular complexity index is 1470. The number of nitrogens with one attached hydrogen (secondary N) is 1. The quantitative estimate of drug-likeness (QED) is 0.438. The molecule has 0 bridgehead atoms. The fraction of sp³-hybridized carbons (Fsp3) is 0.304. The first-order valence-corrected chi connectivity index (χ1v) is 12.2. The molecule has 0 amide bonds. The molecule has 2 atom stereocenters. The topological polar surface area (TPSA) is 85.1 Å². The molecule has 0 aliphatic carbocycles. The highest BCUT2D eigenvalue weighted by molar-refractivity contribution is 7.85. The molecule has 0 saturated heterocycles.